The van der Waals surface area contributed by atoms with E-state index in [0.29, 0.717) is 16.9 Å². The van der Waals surface area contributed by atoms with Crippen LogP contribution in [0.5, 0.6) is 5.75 Å². The molecule has 0 fully saturated rings. The van der Waals surface area contributed by atoms with E-state index < -0.39 is 28.4 Å². The Labute approximate surface area is 196 Å². The number of nitrogens with zero attached hydrogens (tertiary/aromatic N) is 2. The van der Waals surface area contributed by atoms with Gasteiger partial charge in [-0.1, -0.05) is 24.3 Å². The molecule has 1 aromatic heterocycles. The molecule has 4 rings (SSSR count). The van der Waals surface area contributed by atoms with Gasteiger partial charge in [0.2, 0.25) is 10.0 Å². The van der Waals surface area contributed by atoms with Crippen LogP contribution >= 0.6 is 0 Å². The number of fused-ring (bicyclic) bond motifs is 1. The summed E-state index contributed by atoms with van der Waals surface area (Å²) in [5, 5.41) is 10.9. The predicted molar refractivity (Wildman–Crippen MR) is 125 cm³/mol. The van der Waals surface area contributed by atoms with Crippen molar-refractivity contribution in [2.24, 2.45) is 0 Å². The monoisotopic (exact) mass is 480 g/mol. The molecule has 0 unspecified atom stereocenters. The summed E-state index contributed by atoms with van der Waals surface area (Å²) in [6, 6.07) is 17.2. The third-order valence-electron chi connectivity index (χ3n) is 5.29. The van der Waals surface area contributed by atoms with Crippen molar-refractivity contribution in [3.05, 3.63) is 90.5 Å². The normalized spacial score (nSPS) is 11.6. The van der Waals surface area contributed by atoms with E-state index in [0.717, 1.165) is 28.5 Å². The van der Waals surface area contributed by atoms with Crippen molar-refractivity contribution in [2.45, 2.75) is 11.4 Å². The molecule has 0 aliphatic heterocycles. The lowest BCUT2D eigenvalue weighted by Crippen LogP contribution is -2.26. The van der Waals surface area contributed by atoms with Crippen molar-refractivity contribution in [3.63, 3.8) is 0 Å². The molecular formula is C25H21FN2O5S. The number of aliphatic carboxylic acids is 1. The number of pyridine rings is 1. The largest absolute Gasteiger partial charge is 0.481 e. The minimum atomic E-state index is -3.85. The van der Waals surface area contributed by atoms with Crippen molar-refractivity contribution in [1.82, 2.24) is 9.29 Å². The average molecular weight is 481 g/mol. The van der Waals surface area contributed by atoms with Crippen molar-refractivity contribution >= 4 is 26.8 Å². The SMILES string of the molecule is CN(Cc1ccc(OCC(=O)O)c(-c2cccc3cnccc23)c1)S(=O)(=O)c1ccc(F)cc1. The molecule has 1 heterocycles. The Morgan fingerprint density at radius 2 is 1.82 bits per heavy atom. The number of hydrogen-bond donors (Lipinski definition) is 1. The zero-order valence-electron chi connectivity index (χ0n) is 18.2. The van der Waals surface area contributed by atoms with Crippen LogP contribution in [0.25, 0.3) is 21.9 Å². The standard InChI is InChI=1S/C25H21FN2O5S/c1-28(34(31,32)20-8-6-19(26)7-9-20)15-17-5-10-24(33-16-25(29)30)23(13-17)22-4-2-3-18-14-27-12-11-21(18)22/h2-14H,15-16H2,1H3,(H,29,30). The van der Waals surface area contributed by atoms with Crippen LogP contribution < -0.4 is 4.74 Å². The molecule has 9 heteroatoms. The number of carboxylic acids is 1. The molecule has 0 saturated carbocycles. The lowest BCUT2D eigenvalue weighted by molar-refractivity contribution is -0.139. The van der Waals surface area contributed by atoms with E-state index in [2.05, 4.69) is 4.98 Å². The van der Waals surface area contributed by atoms with Gasteiger partial charge >= 0.3 is 5.97 Å². The van der Waals surface area contributed by atoms with Crippen LogP contribution in [-0.2, 0) is 21.4 Å². The number of benzene rings is 3. The van der Waals surface area contributed by atoms with Gasteiger partial charge in [-0.05, 0) is 59.0 Å². The molecule has 34 heavy (non-hydrogen) atoms. The summed E-state index contributed by atoms with van der Waals surface area (Å²) < 4.78 is 45.8. The number of hydrogen-bond acceptors (Lipinski definition) is 5. The second-order valence-electron chi connectivity index (χ2n) is 7.63. The lowest BCUT2D eigenvalue weighted by atomic mass is 9.97. The number of carbonyl (C=O) groups is 1. The molecule has 0 aliphatic rings. The summed E-state index contributed by atoms with van der Waals surface area (Å²) in [7, 11) is -2.41. The lowest BCUT2D eigenvalue weighted by Gasteiger charge is -2.19. The van der Waals surface area contributed by atoms with E-state index >= 15 is 0 Å². The fourth-order valence-electron chi connectivity index (χ4n) is 3.64. The highest BCUT2D eigenvalue weighted by atomic mass is 32.2. The van der Waals surface area contributed by atoms with E-state index in [4.69, 9.17) is 9.84 Å². The van der Waals surface area contributed by atoms with Crippen LogP contribution in [-0.4, -0.2) is 42.4 Å². The highest BCUT2D eigenvalue weighted by Gasteiger charge is 2.22. The van der Waals surface area contributed by atoms with Crippen LogP contribution in [0.3, 0.4) is 0 Å². The van der Waals surface area contributed by atoms with Crippen molar-refractivity contribution in [3.8, 4) is 16.9 Å². The maximum Gasteiger partial charge on any atom is 0.341 e. The van der Waals surface area contributed by atoms with Crippen LogP contribution in [0.15, 0.2) is 84.0 Å². The van der Waals surface area contributed by atoms with Gasteiger partial charge in [-0.15, -0.1) is 0 Å². The summed E-state index contributed by atoms with van der Waals surface area (Å²) in [5.74, 6) is -1.27. The fraction of sp³-hybridized carbons (Fsp3) is 0.120. The number of rotatable bonds is 8. The Morgan fingerprint density at radius 3 is 2.56 bits per heavy atom. The smallest absolute Gasteiger partial charge is 0.341 e. The van der Waals surface area contributed by atoms with Gasteiger partial charge in [0.25, 0.3) is 0 Å². The summed E-state index contributed by atoms with van der Waals surface area (Å²) in [4.78, 5) is 15.2. The number of halogens is 1. The molecule has 0 aliphatic carbocycles. The van der Waals surface area contributed by atoms with Crippen molar-refractivity contribution < 1.29 is 27.4 Å². The van der Waals surface area contributed by atoms with E-state index in [1.807, 2.05) is 24.3 Å². The van der Waals surface area contributed by atoms with Crippen molar-refractivity contribution in [1.29, 1.82) is 0 Å². The van der Waals surface area contributed by atoms with E-state index in [-0.39, 0.29) is 11.4 Å². The maximum atomic E-state index is 13.2. The fourth-order valence-corrected chi connectivity index (χ4v) is 4.80. The topological polar surface area (TPSA) is 96.8 Å². The average Bonchev–Trinajstić information content (AvgIpc) is 2.83. The molecule has 4 aromatic rings. The molecule has 7 nitrogen and oxygen atoms in total. The highest BCUT2D eigenvalue weighted by Crippen LogP contribution is 2.36. The Hall–Kier alpha value is -3.82. The third-order valence-corrected chi connectivity index (χ3v) is 7.11. The number of carboxylic acid groups (broad SMARTS) is 1. The Kier molecular flexibility index (Phi) is 6.58. The zero-order chi connectivity index (χ0) is 24.3. The summed E-state index contributed by atoms with van der Waals surface area (Å²) in [6.07, 6.45) is 3.39. The Bertz CT molecular complexity index is 1450. The molecule has 0 saturated heterocycles. The zero-order valence-corrected chi connectivity index (χ0v) is 19.0. The van der Waals surface area contributed by atoms with Crippen LogP contribution in [0.4, 0.5) is 4.39 Å². The first-order valence-corrected chi connectivity index (χ1v) is 11.7. The van der Waals surface area contributed by atoms with Gasteiger partial charge in [-0.3, -0.25) is 4.98 Å². The quantitative estimate of drug-likeness (QED) is 0.403. The van der Waals surface area contributed by atoms with Crippen LogP contribution in [0.1, 0.15) is 5.56 Å². The second kappa shape index (κ2) is 9.58. The van der Waals surface area contributed by atoms with Crippen LogP contribution in [0, 0.1) is 5.82 Å². The van der Waals surface area contributed by atoms with Gasteiger partial charge in [0.15, 0.2) is 6.61 Å². The first kappa shape index (κ1) is 23.3. The number of ether oxygens (including phenoxy) is 1. The van der Waals surface area contributed by atoms with E-state index in [1.54, 1.807) is 30.6 Å². The number of aromatic nitrogens is 1. The summed E-state index contributed by atoms with van der Waals surface area (Å²) >= 11 is 0. The van der Waals surface area contributed by atoms with Gasteiger partial charge in [0.05, 0.1) is 4.90 Å². The molecule has 3 aromatic carbocycles. The van der Waals surface area contributed by atoms with Crippen LogP contribution in [0.2, 0.25) is 0 Å². The predicted octanol–water partition coefficient (Wildman–Crippen LogP) is 4.33. The molecule has 1 N–H and O–H groups in total. The van der Waals surface area contributed by atoms with Crippen molar-refractivity contribution in [2.75, 3.05) is 13.7 Å². The summed E-state index contributed by atoms with van der Waals surface area (Å²) in [6.45, 7) is -0.476. The van der Waals surface area contributed by atoms with Gasteiger partial charge in [0, 0.05) is 36.9 Å². The Balaban J connectivity index is 1.73. The minimum Gasteiger partial charge on any atom is -0.481 e. The molecule has 174 valence electrons. The second-order valence-corrected chi connectivity index (χ2v) is 9.68. The number of sulfonamides is 1. The molecule has 0 bridgehead atoms. The summed E-state index contributed by atoms with van der Waals surface area (Å²) in [5.41, 5.74) is 2.09. The molecule has 0 radical (unpaired) electrons. The van der Waals surface area contributed by atoms with E-state index in [1.165, 1.54) is 23.5 Å². The molecule has 0 spiro atoms. The van der Waals surface area contributed by atoms with E-state index in [9.17, 15) is 17.6 Å². The van der Waals surface area contributed by atoms with Gasteiger partial charge in [0.1, 0.15) is 11.6 Å². The first-order valence-electron chi connectivity index (χ1n) is 10.3. The maximum absolute atomic E-state index is 13.2. The Morgan fingerprint density at radius 1 is 1.06 bits per heavy atom. The minimum absolute atomic E-state index is 0.0143. The first-order chi connectivity index (χ1) is 16.3. The van der Waals surface area contributed by atoms with Gasteiger partial charge in [-0.2, -0.15) is 4.31 Å². The van der Waals surface area contributed by atoms with Gasteiger partial charge < -0.3 is 9.84 Å². The molecule has 0 atom stereocenters. The van der Waals surface area contributed by atoms with Gasteiger partial charge in [-0.25, -0.2) is 17.6 Å². The molecular weight excluding hydrogens is 459 g/mol. The molecule has 0 amide bonds. The highest BCUT2D eigenvalue weighted by molar-refractivity contribution is 7.89. The third kappa shape index (κ3) is 4.90.